The Bertz CT molecular complexity index is 1060. The van der Waals surface area contributed by atoms with Crippen LogP contribution in [0.15, 0.2) is 54.7 Å². The normalized spacial score (nSPS) is 15.2. The Balaban J connectivity index is 0.000000338. The van der Waals surface area contributed by atoms with E-state index in [-0.39, 0.29) is 19.2 Å². The monoisotopic (exact) mass is 419 g/mol. The van der Waals surface area contributed by atoms with E-state index in [4.69, 9.17) is 4.74 Å². The number of hydrogen-bond acceptors (Lipinski definition) is 4. The van der Waals surface area contributed by atoms with Gasteiger partial charge in [-0.05, 0) is 54.3 Å². The molecule has 0 bridgehead atoms. The number of fused-ring (bicyclic) bond motifs is 1. The molecule has 2 saturated heterocycles. The Morgan fingerprint density at radius 2 is 1.74 bits per heavy atom. The minimum atomic E-state index is 0. The summed E-state index contributed by atoms with van der Waals surface area (Å²) < 4.78 is 5.22. The van der Waals surface area contributed by atoms with Crippen molar-refractivity contribution in [3.63, 3.8) is 0 Å². The smallest absolute Gasteiger partial charge is 0.227 e. The summed E-state index contributed by atoms with van der Waals surface area (Å²) in [6, 6.07) is 16.1. The van der Waals surface area contributed by atoms with Crippen molar-refractivity contribution in [3.8, 4) is 16.9 Å². The molecule has 162 valence electrons. The number of methoxy groups -OCH3 is 1. The molecule has 31 heavy (non-hydrogen) atoms. The molecule has 0 spiro atoms. The zero-order chi connectivity index (χ0) is 20.9. The molecule has 0 atom stereocenters. The van der Waals surface area contributed by atoms with Crippen LogP contribution in [0.5, 0.6) is 5.75 Å². The van der Waals surface area contributed by atoms with Crippen molar-refractivity contribution in [2.45, 2.75) is 33.1 Å². The van der Waals surface area contributed by atoms with Crippen molar-refractivity contribution >= 4 is 28.4 Å². The predicted octanol–water partition coefficient (Wildman–Crippen LogP) is 4.57. The lowest BCUT2D eigenvalue weighted by molar-refractivity contribution is -0.119. The number of carbonyl (C=O) groups excluding carboxylic acids is 2. The van der Waals surface area contributed by atoms with E-state index < -0.39 is 0 Å². The van der Waals surface area contributed by atoms with Gasteiger partial charge in [-0.1, -0.05) is 25.6 Å². The second-order valence-electron chi connectivity index (χ2n) is 7.39. The number of amides is 2. The fraction of sp³-hybridized carbons (Fsp3) is 0.320. The van der Waals surface area contributed by atoms with Crippen LogP contribution in [0, 0.1) is 0 Å². The Morgan fingerprint density at radius 3 is 2.32 bits per heavy atom. The Labute approximate surface area is 183 Å². The molecule has 1 aromatic heterocycles. The highest BCUT2D eigenvalue weighted by molar-refractivity contribution is 6.04. The lowest BCUT2D eigenvalue weighted by Crippen LogP contribution is -2.23. The number of benzene rings is 2. The second-order valence-corrected chi connectivity index (χ2v) is 7.39. The zero-order valence-corrected chi connectivity index (χ0v) is 17.1. The molecule has 0 unspecified atom stereocenters. The molecule has 3 heterocycles. The average molecular weight is 420 g/mol. The molecule has 2 amide bonds. The van der Waals surface area contributed by atoms with E-state index in [0.29, 0.717) is 6.42 Å². The quantitative estimate of drug-likeness (QED) is 0.675. The van der Waals surface area contributed by atoms with Crippen LogP contribution in [-0.2, 0) is 9.59 Å². The molecule has 6 heteroatoms. The standard InChI is InChI=1S/C20H18N2O2.C4H7NO.CH4/c1-24-16-7-4-14(5-8-16)15-6-9-18-17(13-15)19(10-11-21-18)22-12-2-3-20(22)23;6-4-2-1-3-5-4;/h4-11,13H,2-3,12H2,1H3;1-3H2,(H,5,6);1H4. The third-order valence-corrected chi connectivity index (χ3v) is 5.41. The van der Waals surface area contributed by atoms with Crippen LogP contribution in [0.3, 0.4) is 0 Å². The number of nitrogens with zero attached hydrogens (tertiary/aromatic N) is 2. The summed E-state index contributed by atoms with van der Waals surface area (Å²) in [7, 11) is 1.66. The van der Waals surface area contributed by atoms with Gasteiger partial charge in [-0.15, -0.1) is 0 Å². The van der Waals surface area contributed by atoms with Crippen molar-refractivity contribution in [2.24, 2.45) is 0 Å². The second kappa shape index (κ2) is 10.1. The molecule has 1 N–H and O–H groups in total. The molecule has 2 aliphatic rings. The van der Waals surface area contributed by atoms with Gasteiger partial charge in [-0.25, -0.2) is 0 Å². The van der Waals surface area contributed by atoms with E-state index >= 15 is 0 Å². The summed E-state index contributed by atoms with van der Waals surface area (Å²) in [6.07, 6.45) is 5.08. The number of nitrogens with one attached hydrogen (secondary N) is 1. The van der Waals surface area contributed by atoms with Gasteiger partial charge in [-0.3, -0.25) is 14.6 Å². The lowest BCUT2D eigenvalue weighted by Gasteiger charge is -2.18. The van der Waals surface area contributed by atoms with Crippen LogP contribution in [0.4, 0.5) is 5.69 Å². The van der Waals surface area contributed by atoms with Gasteiger partial charge in [0, 0.05) is 37.5 Å². The van der Waals surface area contributed by atoms with Gasteiger partial charge in [0.15, 0.2) is 0 Å². The molecule has 0 aliphatic carbocycles. The number of aromatic nitrogens is 1. The van der Waals surface area contributed by atoms with Crippen molar-refractivity contribution in [3.05, 3.63) is 54.7 Å². The van der Waals surface area contributed by atoms with E-state index in [1.807, 2.05) is 41.3 Å². The minimum absolute atomic E-state index is 0. The number of carbonyl (C=O) groups is 2. The van der Waals surface area contributed by atoms with Crippen molar-refractivity contribution in [1.82, 2.24) is 10.3 Å². The molecule has 6 nitrogen and oxygen atoms in total. The van der Waals surface area contributed by atoms with Crippen LogP contribution in [-0.4, -0.2) is 37.0 Å². The zero-order valence-electron chi connectivity index (χ0n) is 17.1. The molecular formula is C25H29N3O3. The first-order valence-corrected chi connectivity index (χ1v) is 10.3. The van der Waals surface area contributed by atoms with Gasteiger partial charge in [0.2, 0.25) is 11.8 Å². The van der Waals surface area contributed by atoms with E-state index in [2.05, 4.69) is 22.4 Å². The Morgan fingerprint density at radius 1 is 0.968 bits per heavy atom. The molecule has 2 aliphatic heterocycles. The highest BCUT2D eigenvalue weighted by Gasteiger charge is 2.23. The van der Waals surface area contributed by atoms with Crippen molar-refractivity contribution in [1.29, 1.82) is 0 Å². The summed E-state index contributed by atoms with van der Waals surface area (Å²) >= 11 is 0. The maximum atomic E-state index is 12.1. The largest absolute Gasteiger partial charge is 0.497 e. The SMILES string of the molecule is C.COc1ccc(-c2ccc3nccc(N4CCCC4=O)c3c2)cc1.O=C1CCCN1. The maximum Gasteiger partial charge on any atom is 0.227 e. The van der Waals surface area contributed by atoms with Crippen LogP contribution >= 0.6 is 0 Å². The predicted molar refractivity (Wildman–Crippen MR) is 124 cm³/mol. The van der Waals surface area contributed by atoms with Gasteiger partial charge < -0.3 is 15.0 Å². The summed E-state index contributed by atoms with van der Waals surface area (Å²) in [5.74, 6) is 1.23. The molecule has 2 fully saturated rings. The van der Waals surface area contributed by atoms with Gasteiger partial charge in [-0.2, -0.15) is 0 Å². The number of ether oxygens (including phenoxy) is 1. The number of pyridine rings is 1. The highest BCUT2D eigenvalue weighted by Crippen LogP contribution is 2.32. The Kier molecular flexibility index (Phi) is 7.23. The summed E-state index contributed by atoms with van der Waals surface area (Å²) in [5, 5.41) is 3.70. The highest BCUT2D eigenvalue weighted by atomic mass is 16.5. The fourth-order valence-electron chi connectivity index (χ4n) is 3.80. The first-order chi connectivity index (χ1) is 14.7. The third-order valence-electron chi connectivity index (χ3n) is 5.41. The number of anilines is 1. The molecular weight excluding hydrogens is 390 g/mol. The van der Waals surface area contributed by atoms with Gasteiger partial charge >= 0.3 is 0 Å². The number of hydrogen-bond donors (Lipinski definition) is 1. The fourth-order valence-corrected chi connectivity index (χ4v) is 3.80. The first-order valence-electron chi connectivity index (χ1n) is 10.3. The third kappa shape index (κ3) is 5.02. The molecule has 3 aromatic rings. The first kappa shape index (κ1) is 22.3. The number of rotatable bonds is 3. The average Bonchev–Trinajstić information content (AvgIpc) is 3.44. The molecule has 0 saturated carbocycles. The van der Waals surface area contributed by atoms with E-state index in [9.17, 15) is 9.59 Å². The van der Waals surface area contributed by atoms with E-state index in [0.717, 1.165) is 65.8 Å². The van der Waals surface area contributed by atoms with Crippen LogP contribution in [0.1, 0.15) is 33.1 Å². The molecule has 2 aromatic carbocycles. The van der Waals surface area contributed by atoms with Crippen LogP contribution < -0.4 is 15.0 Å². The summed E-state index contributed by atoms with van der Waals surface area (Å²) in [6.45, 7) is 1.67. The minimum Gasteiger partial charge on any atom is -0.497 e. The maximum absolute atomic E-state index is 12.1. The van der Waals surface area contributed by atoms with E-state index in [1.165, 1.54) is 0 Å². The molecule has 5 rings (SSSR count). The van der Waals surface area contributed by atoms with Crippen LogP contribution in [0.2, 0.25) is 0 Å². The van der Waals surface area contributed by atoms with Gasteiger partial charge in [0.1, 0.15) is 5.75 Å². The summed E-state index contributed by atoms with van der Waals surface area (Å²) in [4.78, 5) is 28.6. The van der Waals surface area contributed by atoms with Crippen LogP contribution in [0.25, 0.3) is 22.0 Å². The lowest BCUT2D eigenvalue weighted by atomic mass is 10.0. The molecule has 0 radical (unpaired) electrons. The summed E-state index contributed by atoms with van der Waals surface area (Å²) in [5.41, 5.74) is 4.08. The Hall–Kier alpha value is -3.41. The van der Waals surface area contributed by atoms with E-state index in [1.54, 1.807) is 13.3 Å². The van der Waals surface area contributed by atoms with Gasteiger partial charge in [0.25, 0.3) is 0 Å². The van der Waals surface area contributed by atoms with Crippen molar-refractivity contribution in [2.75, 3.05) is 25.1 Å². The topological polar surface area (TPSA) is 71.5 Å². The van der Waals surface area contributed by atoms with Crippen molar-refractivity contribution < 1.29 is 14.3 Å². The van der Waals surface area contributed by atoms with Gasteiger partial charge in [0.05, 0.1) is 18.3 Å².